The van der Waals surface area contributed by atoms with Crippen LogP contribution in [0.3, 0.4) is 0 Å². The van der Waals surface area contributed by atoms with Gasteiger partial charge < -0.3 is 14.8 Å². The summed E-state index contributed by atoms with van der Waals surface area (Å²) < 4.78 is 11.0. The smallest absolute Gasteiger partial charge is 0.251 e. The third-order valence-corrected chi connectivity index (χ3v) is 4.55. The summed E-state index contributed by atoms with van der Waals surface area (Å²) in [5.74, 6) is 1.38. The van der Waals surface area contributed by atoms with E-state index in [1.807, 2.05) is 66.7 Å². The van der Waals surface area contributed by atoms with Gasteiger partial charge in [0.2, 0.25) is 0 Å². The fourth-order valence-corrected chi connectivity index (χ4v) is 3.11. The van der Waals surface area contributed by atoms with Gasteiger partial charge in [-0.1, -0.05) is 30.3 Å². The van der Waals surface area contributed by atoms with Crippen LogP contribution in [0.5, 0.6) is 11.5 Å². The van der Waals surface area contributed by atoms with E-state index in [4.69, 9.17) is 9.47 Å². The summed E-state index contributed by atoms with van der Waals surface area (Å²) in [7, 11) is 1.64. The molecule has 0 saturated heterocycles. The Morgan fingerprint density at radius 1 is 0.964 bits per heavy atom. The van der Waals surface area contributed by atoms with Crippen LogP contribution in [0.15, 0.2) is 72.9 Å². The number of methoxy groups -OCH3 is 1. The number of pyridine rings is 1. The predicted octanol–water partition coefficient (Wildman–Crippen LogP) is 4.21. The van der Waals surface area contributed by atoms with Crippen molar-refractivity contribution in [2.24, 2.45) is 0 Å². The molecule has 0 radical (unpaired) electrons. The number of benzene rings is 3. The van der Waals surface area contributed by atoms with Gasteiger partial charge in [0.1, 0.15) is 23.6 Å². The lowest BCUT2D eigenvalue weighted by Crippen LogP contribution is -2.28. The minimum absolute atomic E-state index is 0.127. The Hall–Kier alpha value is -3.60. The van der Waals surface area contributed by atoms with Gasteiger partial charge in [-0.05, 0) is 47.2 Å². The average Bonchev–Trinajstić information content (AvgIpc) is 2.75. The monoisotopic (exact) mass is 372 g/mol. The fraction of sp³-hybridized carbons (Fsp3) is 0.130. The molecular weight excluding hydrogens is 352 g/mol. The minimum Gasteiger partial charge on any atom is -0.497 e. The van der Waals surface area contributed by atoms with Crippen LogP contribution in [0.4, 0.5) is 0 Å². The van der Waals surface area contributed by atoms with Gasteiger partial charge in [0.25, 0.3) is 5.91 Å². The Labute approximate surface area is 162 Å². The van der Waals surface area contributed by atoms with Crippen LogP contribution in [0.1, 0.15) is 10.4 Å². The third kappa shape index (κ3) is 3.74. The molecule has 0 bridgehead atoms. The normalized spacial score (nSPS) is 10.8. The Balaban J connectivity index is 1.37. The molecule has 0 saturated carbocycles. The summed E-state index contributed by atoms with van der Waals surface area (Å²) in [5, 5.41) is 5.94. The molecule has 5 nitrogen and oxygen atoms in total. The zero-order valence-corrected chi connectivity index (χ0v) is 15.5. The first kappa shape index (κ1) is 17.8. The molecule has 0 aliphatic rings. The van der Waals surface area contributed by atoms with Crippen LogP contribution in [0, 0.1) is 0 Å². The number of nitrogens with one attached hydrogen (secondary N) is 1. The van der Waals surface area contributed by atoms with E-state index in [9.17, 15) is 4.79 Å². The van der Waals surface area contributed by atoms with Crippen LogP contribution >= 0.6 is 0 Å². The topological polar surface area (TPSA) is 60.5 Å². The summed E-state index contributed by atoms with van der Waals surface area (Å²) in [6, 6.07) is 21.1. The fourth-order valence-electron chi connectivity index (χ4n) is 3.11. The molecule has 1 N–H and O–H groups in total. The highest BCUT2D eigenvalue weighted by Gasteiger charge is 2.07. The molecule has 1 amide bonds. The summed E-state index contributed by atoms with van der Waals surface area (Å²) in [6.07, 6.45) is 1.74. The molecule has 3 aromatic carbocycles. The number of fused-ring (bicyclic) bond motifs is 2. The Morgan fingerprint density at radius 2 is 1.79 bits per heavy atom. The molecule has 0 atom stereocenters. The number of hydrogen-bond donors (Lipinski definition) is 1. The molecule has 0 aliphatic heterocycles. The van der Waals surface area contributed by atoms with Crippen molar-refractivity contribution in [1.82, 2.24) is 10.3 Å². The number of nitrogens with zero attached hydrogens (tertiary/aromatic N) is 1. The van der Waals surface area contributed by atoms with E-state index in [1.165, 1.54) is 0 Å². The van der Waals surface area contributed by atoms with Gasteiger partial charge >= 0.3 is 0 Å². The second kappa shape index (κ2) is 7.96. The lowest BCUT2D eigenvalue weighted by Gasteiger charge is -2.10. The van der Waals surface area contributed by atoms with E-state index in [-0.39, 0.29) is 5.91 Å². The molecule has 140 valence electrons. The van der Waals surface area contributed by atoms with Crippen molar-refractivity contribution < 1.29 is 14.3 Å². The zero-order chi connectivity index (χ0) is 19.3. The number of aromatic nitrogens is 1. The van der Waals surface area contributed by atoms with Crippen molar-refractivity contribution in [3.05, 3.63) is 78.5 Å². The zero-order valence-electron chi connectivity index (χ0n) is 15.5. The molecule has 0 aliphatic carbocycles. The van der Waals surface area contributed by atoms with Gasteiger partial charge in [-0.2, -0.15) is 0 Å². The number of hydrogen-bond acceptors (Lipinski definition) is 4. The number of carbonyl (C=O) groups is 1. The van der Waals surface area contributed by atoms with Crippen LogP contribution in [-0.2, 0) is 0 Å². The molecule has 0 unspecified atom stereocenters. The average molecular weight is 372 g/mol. The largest absolute Gasteiger partial charge is 0.497 e. The van der Waals surface area contributed by atoms with Crippen LogP contribution in [0.2, 0.25) is 0 Å². The Bertz CT molecular complexity index is 1140. The van der Waals surface area contributed by atoms with E-state index in [2.05, 4.69) is 10.3 Å². The first-order chi connectivity index (χ1) is 13.7. The van der Waals surface area contributed by atoms with E-state index in [1.54, 1.807) is 13.3 Å². The summed E-state index contributed by atoms with van der Waals surface area (Å²) in [4.78, 5) is 16.8. The van der Waals surface area contributed by atoms with E-state index in [0.29, 0.717) is 24.5 Å². The molecule has 5 heteroatoms. The highest BCUT2D eigenvalue weighted by atomic mass is 16.5. The number of rotatable bonds is 6. The second-order valence-corrected chi connectivity index (χ2v) is 6.36. The predicted molar refractivity (Wildman–Crippen MR) is 110 cm³/mol. The number of para-hydroxylation sites is 1. The van der Waals surface area contributed by atoms with Gasteiger partial charge in [-0.3, -0.25) is 9.78 Å². The SMILES string of the molecule is COc1ccc2cc(C(=O)NCCOc3cccc4cccnc34)ccc2c1. The molecule has 0 spiro atoms. The van der Waals surface area contributed by atoms with Crippen molar-refractivity contribution in [2.45, 2.75) is 0 Å². The van der Waals surface area contributed by atoms with Crippen molar-refractivity contribution in [1.29, 1.82) is 0 Å². The molecule has 4 rings (SSSR count). The number of carbonyl (C=O) groups excluding carboxylic acids is 1. The number of amides is 1. The molecular formula is C23H20N2O3. The molecule has 0 fully saturated rings. The second-order valence-electron chi connectivity index (χ2n) is 6.36. The van der Waals surface area contributed by atoms with E-state index >= 15 is 0 Å². The maximum absolute atomic E-state index is 12.4. The van der Waals surface area contributed by atoms with Gasteiger partial charge in [0.15, 0.2) is 0 Å². The number of ether oxygens (including phenoxy) is 2. The first-order valence-corrected chi connectivity index (χ1v) is 9.07. The van der Waals surface area contributed by atoms with Crippen LogP contribution in [-0.4, -0.2) is 31.2 Å². The van der Waals surface area contributed by atoms with Gasteiger partial charge in [0.05, 0.1) is 13.7 Å². The maximum Gasteiger partial charge on any atom is 0.251 e. The van der Waals surface area contributed by atoms with Crippen molar-refractivity contribution in [3.8, 4) is 11.5 Å². The summed E-state index contributed by atoms with van der Waals surface area (Å²) >= 11 is 0. The lowest BCUT2D eigenvalue weighted by molar-refractivity contribution is 0.0947. The van der Waals surface area contributed by atoms with Gasteiger partial charge in [0, 0.05) is 17.1 Å². The van der Waals surface area contributed by atoms with Crippen molar-refractivity contribution in [2.75, 3.05) is 20.3 Å². The van der Waals surface area contributed by atoms with Crippen molar-refractivity contribution >= 4 is 27.6 Å². The summed E-state index contributed by atoms with van der Waals surface area (Å²) in [6.45, 7) is 0.773. The lowest BCUT2D eigenvalue weighted by atomic mass is 10.1. The van der Waals surface area contributed by atoms with Crippen molar-refractivity contribution in [3.63, 3.8) is 0 Å². The Kier molecular flexibility index (Phi) is 5.06. The molecule has 28 heavy (non-hydrogen) atoms. The summed E-state index contributed by atoms with van der Waals surface area (Å²) in [5.41, 5.74) is 1.44. The highest BCUT2D eigenvalue weighted by Crippen LogP contribution is 2.23. The van der Waals surface area contributed by atoms with E-state index in [0.717, 1.165) is 27.4 Å². The third-order valence-electron chi connectivity index (χ3n) is 4.55. The highest BCUT2D eigenvalue weighted by molar-refractivity contribution is 5.98. The van der Waals surface area contributed by atoms with Gasteiger partial charge in [-0.15, -0.1) is 0 Å². The molecule has 1 heterocycles. The molecule has 1 aromatic heterocycles. The molecule has 4 aromatic rings. The standard InChI is InChI=1S/C23H20N2O3/c1-27-20-10-9-17-14-19(8-7-18(17)15-20)23(26)25-12-13-28-21-6-2-4-16-5-3-11-24-22(16)21/h2-11,14-15H,12-13H2,1H3,(H,25,26). The van der Waals surface area contributed by atoms with E-state index < -0.39 is 0 Å². The first-order valence-electron chi connectivity index (χ1n) is 9.07. The quantitative estimate of drug-likeness (QED) is 0.515. The Morgan fingerprint density at radius 3 is 2.68 bits per heavy atom. The maximum atomic E-state index is 12.4. The van der Waals surface area contributed by atoms with Crippen LogP contribution < -0.4 is 14.8 Å². The minimum atomic E-state index is -0.127. The van der Waals surface area contributed by atoms with Crippen LogP contribution in [0.25, 0.3) is 21.7 Å². The van der Waals surface area contributed by atoms with Gasteiger partial charge in [-0.25, -0.2) is 0 Å².